The Morgan fingerprint density at radius 3 is 3.00 bits per heavy atom. The van der Waals surface area contributed by atoms with Crippen LogP contribution in [0.4, 0.5) is 5.82 Å². The van der Waals surface area contributed by atoms with Crippen LogP contribution in [0.25, 0.3) is 11.0 Å². The number of nitrogens with zero attached hydrogens (tertiary/aromatic N) is 3. The van der Waals surface area contributed by atoms with Gasteiger partial charge < -0.3 is 20.1 Å². The normalized spacial score (nSPS) is 22.2. The van der Waals surface area contributed by atoms with Gasteiger partial charge in [-0.2, -0.15) is 0 Å². The quantitative estimate of drug-likeness (QED) is 0.726. The van der Waals surface area contributed by atoms with E-state index in [1.54, 1.807) is 22.9 Å². The number of aromatic nitrogens is 3. The largest absolute Gasteiger partial charge is 0.393 e. The van der Waals surface area contributed by atoms with Crippen LogP contribution >= 0.6 is 0 Å². The first-order valence-electron chi connectivity index (χ1n) is 5.76. The number of aliphatic hydroxyl groups excluding tert-OH is 1. The summed E-state index contributed by atoms with van der Waals surface area (Å²) in [7, 11) is 0. The van der Waals surface area contributed by atoms with Gasteiger partial charge in [-0.15, -0.1) is 0 Å². The fraction of sp³-hybridized carbons (Fsp3) is 0.250. The highest BCUT2D eigenvalue weighted by atomic mass is 16.5. The van der Waals surface area contributed by atoms with E-state index in [1.807, 2.05) is 0 Å². The molecule has 1 aliphatic rings. The minimum absolute atomic E-state index is 0.0950. The van der Waals surface area contributed by atoms with E-state index in [0.29, 0.717) is 5.65 Å². The van der Waals surface area contributed by atoms with E-state index >= 15 is 0 Å². The van der Waals surface area contributed by atoms with Gasteiger partial charge in [0.05, 0.1) is 6.61 Å². The van der Waals surface area contributed by atoms with Gasteiger partial charge in [0.2, 0.25) is 0 Å². The van der Waals surface area contributed by atoms with Crippen LogP contribution in [0.5, 0.6) is 0 Å². The van der Waals surface area contributed by atoms with E-state index in [9.17, 15) is 4.79 Å². The number of hydrogen-bond donors (Lipinski definition) is 2. The van der Waals surface area contributed by atoms with Gasteiger partial charge in [0.25, 0.3) is 0 Å². The van der Waals surface area contributed by atoms with Crippen molar-refractivity contribution >= 4 is 16.9 Å². The minimum atomic E-state index is -0.422. The van der Waals surface area contributed by atoms with Gasteiger partial charge in [0.1, 0.15) is 23.6 Å². The molecule has 1 aliphatic heterocycles. The number of pyridine rings is 1. The number of nitrogen functional groups attached to an aromatic ring is 1. The minimum Gasteiger partial charge on any atom is -0.393 e. The molecule has 2 unspecified atom stereocenters. The highest BCUT2D eigenvalue weighted by Gasteiger charge is 2.21. The summed E-state index contributed by atoms with van der Waals surface area (Å²) in [5.41, 5.74) is 5.89. The van der Waals surface area contributed by atoms with Gasteiger partial charge in [-0.25, -0.2) is 9.97 Å². The zero-order valence-electron chi connectivity index (χ0n) is 9.93. The highest BCUT2D eigenvalue weighted by molar-refractivity contribution is 5.84. The Balaban J connectivity index is 2.16. The Bertz CT molecular complexity index is 710. The molecule has 0 saturated carbocycles. The summed E-state index contributed by atoms with van der Waals surface area (Å²) in [6.07, 6.45) is 5.68. The van der Waals surface area contributed by atoms with E-state index in [1.165, 1.54) is 12.4 Å². The highest BCUT2D eigenvalue weighted by Crippen LogP contribution is 2.24. The topological polar surface area (TPSA) is 103 Å². The molecule has 0 radical (unpaired) electrons. The van der Waals surface area contributed by atoms with Crippen molar-refractivity contribution in [3.8, 4) is 0 Å². The second-order valence-corrected chi connectivity index (χ2v) is 4.18. The maximum Gasteiger partial charge on any atom is 0.194 e. The van der Waals surface area contributed by atoms with Crippen LogP contribution in [0.1, 0.15) is 6.23 Å². The van der Waals surface area contributed by atoms with Crippen LogP contribution in [-0.4, -0.2) is 32.4 Å². The first-order chi connectivity index (χ1) is 9.20. The summed E-state index contributed by atoms with van der Waals surface area (Å²) < 4.78 is 7.26. The molecule has 2 aromatic heterocycles. The number of anilines is 1. The number of rotatable bonds is 2. The molecule has 0 fully saturated rings. The molecule has 3 N–H and O–H groups in total. The van der Waals surface area contributed by atoms with Crippen molar-refractivity contribution in [1.82, 2.24) is 14.5 Å². The number of aliphatic hydroxyl groups is 1. The molecular weight excluding hydrogens is 248 g/mol. The first-order valence-corrected chi connectivity index (χ1v) is 5.76. The molecule has 7 nitrogen and oxygen atoms in total. The van der Waals surface area contributed by atoms with E-state index < -0.39 is 6.23 Å². The molecule has 2 atom stereocenters. The first kappa shape index (κ1) is 11.8. The third kappa shape index (κ3) is 1.88. The maximum atomic E-state index is 11.8. The van der Waals surface area contributed by atoms with Crippen LogP contribution in [0.3, 0.4) is 0 Å². The molecular formula is C12H12N4O3. The molecule has 3 rings (SSSR count). The Kier molecular flexibility index (Phi) is 2.77. The zero-order chi connectivity index (χ0) is 13.4. The van der Waals surface area contributed by atoms with Crippen LogP contribution in [0.15, 0.2) is 35.5 Å². The van der Waals surface area contributed by atoms with Gasteiger partial charge >= 0.3 is 0 Å². The summed E-state index contributed by atoms with van der Waals surface area (Å²) in [5, 5.41) is 9.32. The third-order valence-electron chi connectivity index (χ3n) is 2.99. The molecule has 0 spiro atoms. The third-order valence-corrected chi connectivity index (χ3v) is 2.99. The lowest BCUT2D eigenvalue weighted by Crippen LogP contribution is -2.19. The molecule has 0 saturated heterocycles. The van der Waals surface area contributed by atoms with Crippen molar-refractivity contribution in [2.45, 2.75) is 12.3 Å². The summed E-state index contributed by atoms with van der Waals surface area (Å²) in [6, 6.07) is 1.39. The standard InChI is InChI=1S/C12H12N4O3/c13-11-10-8(18)3-4-16(12(10)15-6-14-11)9-2-1-7(5-17)19-9/h1-4,6-7,9,17H,5H2,(H2,13,14,15). The Hall–Kier alpha value is -2.25. The Morgan fingerprint density at radius 1 is 1.42 bits per heavy atom. The molecule has 0 aromatic carbocycles. The lowest BCUT2D eigenvalue weighted by Gasteiger charge is -2.17. The van der Waals surface area contributed by atoms with E-state index in [-0.39, 0.29) is 29.3 Å². The van der Waals surface area contributed by atoms with E-state index in [0.717, 1.165) is 0 Å². The fourth-order valence-electron chi connectivity index (χ4n) is 2.08. The van der Waals surface area contributed by atoms with Gasteiger partial charge in [-0.3, -0.25) is 4.79 Å². The molecule has 2 aromatic rings. The fourth-order valence-corrected chi connectivity index (χ4v) is 2.08. The van der Waals surface area contributed by atoms with Gasteiger partial charge in [0.15, 0.2) is 17.3 Å². The second kappa shape index (κ2) is 4.45. The van der Waals surface area contributed by atoms with E-state index in [4.69, 9.17) is 15.6 Å². The molecule has 19 heavy (non-hydrogen) atoms. The van der Waals surface area contributed by atoms with Crippen LogP contribution in [-0.2, 0) is 4.74 Å². The van der Waals surface area contributed by atoms with E-state index in [2.05, 4.69) is 9.97 Å². The van der Waals surface area contributed by atoms with Crippen molar-refractivity contribution < 1.29 is 9.84 Å². The van der Waals surface area contributed by atoms with Crippen LogP contribution in [0, 0.1) is 0 Å². The maximum absolute atomic E-state index is 11.8. The smallest absolute Gasteiger partial charge is 0.194 e. The molecule has 7 heteroatoms. The van der Waals surface area contributed by atoms with Gasteiger partial charge in [0, 0.05) is 12.3 Å². The summed E-state index contributed by atoms with van der Waals surface area (Å²) in [6.45, 7) is -0.0950. The summed E-state index contributed by atoms with van der Waals surface area (Å²) in [4.78, 5) is 19.7. The van der Waals surface area contributed by atoms with Crippen LogP contribution in [0.2, 0.25) is 0 Å². The summed E-state index contributed by atoms with van der Waals surface area (Å²) in [5.74, 6) is 0.144. The number of ether oxygens (including phenoxy) is 1. The molecule has 0 amide bonds. The van der Waals surface area contributed by atoms with Crippen molar-refractivity contribution in [3.05, 3.63) is 41.0 Å². The lowest BCUT2D eigenvalue weighted by molar-refractivity contribution is -0.00642. The average Bonchev–Trinajstić information content (AvgIpc) is 2.88. The predicted molar refractivity (Wildman–Crippen MR) is 68.3 cm³/mol. The average molecular weight is 260 g/mol. The predicted octanol–water partition coefficient (Wildman–Crippen LogP) is -0.180. The Labute approximate surface area is 108 Å². The SMILES string of the molecule is Nc1ncnc2c1c(=O)ccn2C1C=CC(CO)O1. The molecule has 98 valence electrons. The van der Waals surface area contributed by atoms with Crippen molar-refractivity contribution in [3.63, 3.8) is 0 Å². The van der Waals surface area contributed by atoms with Gasteiger partial charge in [-0.05, 0) is 6.08 Å². The zero-order valence-corrected chi connectivity index (χ0v) is 9.93. The van der Waals surface area contributed by atoms with Crippen LogP contribution < -0.4 is 11.2 Å². The number of hydrogen-bond acceptors (Lipinski definition) is 6. The molecule has 0 aliphatic carbocycles. The monoisotopic (exact) mass is 260 g/mol. The number of nitrogens with two attached hydrogens (primary N) is 1. The number of fused-ring (bicyclic) bond motifs is 1. The van der Waals surface area contributed by atoms with Gasteiger partial charge in [-0.1, -0.05) is 6.08 Å². The van der Waals surface area contributed by atoms with Crippen molar-refractivity contribution in [2.75, 3.05) is 12.3 Å². The summed E-state index contributed by atoms with van der Waals surface area (Å²) >= 11 is 0. The lowest BCUT2D eigenvalue weighted by atomic mass is 10.3. The van der Waals surface area contributed by atoms with Crippen molar-refractivity contribution in [1.29, 1.82) is 0 Å². The Morgan fingerprint density at radius 2 is 2.26 bits per heavy atom. The molecule has 0 bridgehead atoms. The molecule has 3 heterocycles. The second-order valence-electron chi connectivity index (χ2n) is 4.18. The van der Waals surface area contributed by atoms with Crippen molar-refractivity contribution in [2.24, 2.45) is 0 Å².